The van der Waals surface area contributed by atoms with Crippen molar-refractivity contribution in [1.82, 2.24) is 9.97 Å². The second-order valence-electron chi connectivity index (χ2n) is 4.59. The summed E-state index contributed by atoms with van der Waals surface area (Å²) in [5.41, 5.74) is 13.3. The molecule has 0 atom stereocenters. The minimum Gasteiger partial charge on any atom is -0.398 e. The number of nitrogens with one attached hydrogen (secondary N) is 1. The van der Waals surface area contributed by atoms with E-state index in [1.54, 1.807) is 0 Å². The molecule has 1 aromatic heterocycles. The van der Waals surface area contributed by atoms with Gasteiger partial charge in [0.25, 0.3) is 5.56 Å². The van der Waals surface area contributed by atoms with Crippen LogP contribution in [0.25, 0.3) is 0 Å². The highest BCUT2D eigenvalue weighted by molar-refractivity contribution is 5.61. The summed E-state index contributed by atoms with van der Waals surface area (Å²) in [6, 6.07) is 7.64. The molecular weight excluding hydrogens is 254 g/mol. The Morgan fingerprint density at radius 1 is 1.30 bits per heavy atom. The number of hydrogen-bond donors (Lipinski definition) is 3. The van der Waals surface area contributed by atoms with Crippen LogP contribution in [0.5, 0.6) is 0 Å². The molecule has 106 valence electrons. The van der Waals surface area contributed by atoms with E-state index < -0.39 is 0 Å². The van der Waals surface area contributed by atoms with Crippen molar-refractivity contribution < 1.29 is 0 Å². The Hall–Kier alpha value is -2.50. The molecule has 6 nitrogen and oxygen atoms in total. The topological polar surface area (TPSA) is 101 Å². The van der Waals surface area contributed by atoms with Crippen molar-refractivity contribution in [3.8, 4) is 0 Å². The van der Waals surface area contributed by atoms with Crippen molar-refractivity contribution >= 4 is 17.2 Å². The van der Waals surface area contributed by atoms with Crippen molar-refractivity contribution in [2.24, 2.45) is 0 Å². The molecule has 5 N–H and O–H groups in total. The second-order valence-corrected chi connectivity index (χ2v) is 4.59. The molecular formula is C14H19N5O. The quantitative estimate of drug-likeness (QED) is 0.714. The number of H-pyrrole nitrogens is 1. The molecule has 0 spiro atoms. The number of benzene rings is 1. The number of nitrogen functional groups attached to an aromatic ring is 2. The molecule has 0 amide bonds. The Bertz CT molecular complexity index is 637. The van der Waals surface area contributed by atoms with Gasteiger partial charge in [0, 0.05) is 18.8 Å². The SMILES string of the molecule is CCCN(Cc1ccccc1N)c1nc[nH]c(=O)c1N. The van der Waals surface area contributed by atoms with Gasteiger partial charge in [-0.05, 0) is 18.1 Å². The van der Waals surface area contributed by atoms with Crippen molar-refractivity contribution in [2.75, 3.05) is 22.9 Å². The average Bonchev–Trinajstić information content (AvgIpc) is 2.44. The Kier molecular flexibility index (Phi) is 4.24. The predicted molar refractivity (Wildman–Crippen MR) is 81.5 cm³/mol. The maximum absolute atomic E-state index is 11.6. The molecule has 1 aromatic carbocycles. The number of rotatable bonds is 5. The lowest BCUT2D eigenvalue weighted by atomic mass is 10.1. The number of aromatic nitrogens is 2. The van der Waals surface area contributed by atoms with Crippen molar-refractivity contribution in [3.05, 3.63) is 46.5 Å². The van der Waals surface area contributed by atoms with E-state index in [9.17, 15) is 4.79 Å². The van der Waals surface area contributed by atoms with Gasteiger partial charge in [-0.2, -0.15) is 0 Å². The monoisotopic (exact) mass is 273 g/mol. The van der Waals surface area contributed by atoms with Crippen LogP contribution in [0.15, 0.2) is 35.4 Å². The van der Waals surface area contributed by atoms with Crippen molar-refractivity contribution in [2.45, 2.75) is 19.9 Å². The second kappa shape index (κ2) is 6.10. The first-order valence-electron chi connectivity index (χ1n) is 6.55. The Balaban J connectivity index is 2.34. The fourth-order valence-electron chi connectivity index (χ4n) is 2.07. The van der Waals surface area contributed by atoms with Crippen LogP contribution >= 0.6 is 0 Å². The third kappa shape index (κ3) is 2.90. The maximum atomic E-state index is 11.6. The van der Waals surface area contributed by atoms with Gasteiger partial charge >= 0.3 is 0 Å². The largest absolute Gasteiger partial charge is 0.398 e. The minimum absolute atomic E-state index is 0.135. The van der Waals surface area contributed by atoms with E-state index in [0.29, 0.717) is 12.4 Å². The van der Waals surface area contributed by atoms with Crippen LogP contribution in [0.1, 0.15) is 18.9 Å². The number of nitrogens with zero attached hydrogens (tertiary/aromatic N) is 2. The number of aromatic amines is 1. The summed E-state index contributed by atoms with van der Waals surface area (Å²) in [4.78, 5) is 20.2. The Labute approximate surface area is 117 Å². The fourth-order valence-corrected chi connectivity index (χ4v) is 2.07. The van der Waals surface area contributed by atoms with E-state index in [1.165, 1.54) is 6.33 Å². The molecule has 6 heteroatoms. The van der Waals surface area contributed by atoms with E-state index in [2.05, 4.69) is 16.9 Å². The van der Waals surface area contributed by atoms with Crippen LogP contribution in [0.4, 0.5) is 17.2 Å². The summed E-state index contributed by atoms with van der Waals surface area (Å²) >= 11 is 0. The standard InChI is InChI=1S/C14H19N5O/c1-2-7-19(8-10-5-3-4-6-11(10)15)13-12(16)14(20)18-9-17-13/h3-6,9H,2,7-8,15-16H2,1H3,(H,17,18,20). The van der Waals surface area contributed by atoms with Gasteiger partial charge in [0.1, 0.15) is 5.69 Å². The molecule has 0 saturated carbocycles. The average molecular weight is 273 g/mol. The van der Waals surface area contributed by atoms with Crippen LogP contribution in [-0.4, -0.2) is 16.5 Å². The lowest BCUT2D eigenvalue weighted by Crippen LogP contribution is -2.28. The number of anilines is 3. The first kappa shape index (κ1) is 13.9. The zero-order chi connectivity index (χ0) is 14.5. The molecule has 0 fully saturated rings. The van der Waals surface area contributed by atoms with Gasteiger partial charge in [0.05, 0.1) is 6.33 Å². The third-order valence-corrected chi connectivity index (χ3v) is 3.08. The highest BCUT2D eigenvalue weighted by Crippen LogP contribution is 2.21. The van der Waals surface area contributed by atoms with E-state index in [1.807, 2.05) is 29.2 Å². The lowest BCUT2D eigenvalue weighted by Gasteiger charge is -2.24. The highest BCUT2D eigenvalue weighted by Gasteiger charge is 2.14. The number of hydrogen-bond acceptors (Lipinski definition) is 5. The maximum Gasteiger partial charge on any atom is 0.276 e. The molecule has 0 saturated heterocycles. The number of nitrogens with two attached hydrogens (primary N) is 2. The van der Waals surface area contributed by atoms with Gasteiger partial charge in [-0.25, -0.2) is 4.98 Å². The minimum atomic E-state index is -0.322. The smallest absolute Gasteiger partial charge is 0.276 e. The van der Waals surface area contributed by atoms with Crippen molar-refractivity contribution in [1.29, 1.82) is 0 Å². The van der Waals surface area contributed by atoms with Gasteiger partial charge < -0.3 is 21.4 Å². The molecule has 1 heterocycles. The first-order chi connectivity index (χ1) is 9.63. The van der Waals surface area contributed by atoms with Crippen LogP contribution in [-0.2, 0) is 6.54 Å². The van der Waals surface area contributed by atoms with E-state index in [0.717, 1.165) is 24.2 Å². The zero-order valence-electron chi connectivity index (χ0n) is 11.5. The van der Waals surface area contributed by atoms with E-state index in [4.69, 9.17) is 11.5 Å². The van der Waals surface area contributed by atoms with E-state index in [-0.39, 0.29) is 11.2 Å². The fraction of sp³-hybridized carbons (Fsp3) is 0.286. The summed E-state index contributed by atoms with van der Waals surface area (Å²) in [6.07, 6.45) is 2.28. The van der Waals surface area contributed by atoms with E-state index >= 15 is 0 Å². The molecule has 0 aliphatic rings. The molecule has 0 unspecified atom stereocenters. The summed E-state index contributed by atoms with van der Waals surface area (Å²) < 4.78 is 0. The van der Waals surface area contributed by atoms with Gasteiger partial charge in [-0.3, -0.25) is 4.79 Å². The molecule has 20 heavy (non-hydrogen) atoms. The molecule has 0 aliphatic heterocycles. The highest BCUT2D eigenvalue weighted by atomic mass is 16.1. The van der Waals surface area contributed by atoms with Crippen molar-refractivity contribution in [3.63, 3.8) is 0 Å². The van der Waals surface area contributed by atoms with Gasteiger partial charge in [-0.15, -0.1) is 0 Å². The van der Waals surface area contributed by atoms with Crippen LogP contribution in [0.3, 0.4) is 0 Å². The third-order valence-electron chi connectivity index (χ3n) is 3.08. The molecule has 0 bridgehead atoms. The summed E-state index contributed by atoms with van der Waals surface area (Å²) in [6.45, 7) is 3.38. The van der Waals surface area contributed by atoms with Gasteiger partial charge in [0.2, 0.25) is 0 Å². The molecule has 0 aliphatic carbocycles. The Morgan fingerprint density at radius 2 is 2.05 bits per heavy atom. The van der Waals surface area contributed by atoms with Gasteiger partial charge in [0.15, 0.2) is 5.82 Å². The summed E-state index contributed by atoms with van der Waals surface area (Å²) in [5, 5.41) is 0. The number of para-hydroxylation sites is 1. The summed E-state index contributed by atoms with van der Waals surface area (Å²) in [7, 11) is 0. The molecule has 2 rings (SSSR count). The predicted octanol–water partition coefficient (Wildman–Crippen LogP) is 1.35. The normalized spacial score (nSPS) is 10.4. The Morgan fingerprint density at radius 3 is 2.75 bits per heavy atom. The first-order valence-corrected chi connectivity index (χ1v) is 6.55. The lowest BCUT2D eigenvalue weighted by molar-refractivity contribution is 0.754. The molecule has 2 aromatic rings. The summed E-state index contributed by atoms with van der Waals surface area (Å²) in [5.74, 6) is 0.499. The van der Waals surface area contributed by atoms with Gasteiger partial charge in [-0.1, -0.05) is 25.1 Å². The zero-order valence-corrected chi connectivity index (χ0v) is 11.5. The molecule has 0 radical (unpaired) electrons. The van der Waals surface area contributed by atoms with Crippen LogP contribution in [0.2, 0.25) is 0 Å². The van der Waals surface area contributed by atoms with Crippen LogP contribution in [0, 0.1) is 0 Å². The van der Waals surface area contributed by atoms with Crippen LogP contribution < -0.4 is 21.9 Å².